The Bertz CT molecular complexity index is 794. The summed E-state index contributed by atoms with van der Waals surface area (Å²) in [5.74, 6) is -0.300. The molecule has 3 rings (SSSR count). The number of benzene rings is 2. The van der Waals surface area contributed by atoms with Crippen LogP contribution < -0.4 is 0 Å². The molecular formula is C17H13FN2O. The molecule has 0 unspecified atom stereocenters. The van der Waals surface area contributed by atoms with Crippen molar-refractivity contribution in [1.82, 2.24) is 9.78 Å². The first-order valence-corrected chi connectivity index (χ1v) is 6.56. The van der Waals surface area contributed by atoms with Gasteiger partial charge in [-0.3, -0.25) is 4.79 Å². The van der Waals surface area contributed by atoms with Gasteiger partial charge in [-0.2, -0.15) is 5.10 Å². The van der Waals surface area contributed by atoms with Crippen molar-refractivity contribution in [3.8, 4) is 16.9 Å². The summed E-state index contributed by atoms with van der Waals surface area (Å²) in [5, 5.41) is 4.47. The van der Waals surface area contributed by atoms with Gasteiger partial charge in [0.25, 0.3) is 0 Å². The monoisotopic (exact) mass is 280 g/mol. The highest BCUT2D eigenvalue weighted by Gasteiger charge is 2.13. The second-order valence-corrected chi connectivity index (χ2v) is 4.79. The molecule has 0 saturated heterocycles. The first-order valence-electron chi connectivity index (χ1n) is 6.56. The lowest BCUT2D eigenvalue weighted by molar-refractivity contribution is 0.112. The van der Waals surface area contributed by atoms with E-state index in [-0.39, 0.29) is 5.82 Å². The first-order chi connectivity index (χ1) is 10.2. The van der Waals surface area contributed by atoms with Gasteiger partial charge in [0.15, 0.2) is 6.29 Å². The number of halogens is 1. The van der Waals surface area contributed by atoms with Crippen LogP contribution in [-0.4, -0.2) is 16.1 Å². The van der Waals surface area contributed by atoms with Gasteiger partial charge < -0.3 is 0 Å². The van der Waals surface area contributed by atoms with E-state index in [9.17, 15) is 9.18 Å². The molecule has 104 valence electrons. The van der Waals surface area contributed by atoms with Gasteiger partial charge >= 0.3 is 0 Å². The maximum absolute atomic E-state index is 13.2. The fourth-order valence-electron chi connectivity index (χ4n) is 2.29. The van der Waals surface area contributed by atoms with Crippen molar-refractivity contribution in [1.29, 1.82) is 0 Å². The normalized spacial score (nSPS) is 10.6. The molecule has 1 aromatic heterocycles. The summed E-state index contributed by atoms with van der Waals surface area (Å²) in [7, 11) is 0. The Morgan fingerprint density at radius 1 is 1.14 bits per heavy atom. The molecule has 0 aliphatic heterocycles. The average Bonchev–Trinajstić information content (AvgIpc) is 2.92. The molecule has 3 aromatic rings. The van der Waals surface area contributed by atoms with Crippen LogP contribution in [0.2, 0.25) is 0 Å². The zero-order chi connectivity index (χ0) is 14.8. The van der Waals surface area contributed by atoms with Gasteiger partial charge in [-0.05, 0) is 42.8 Å². The Morgan fingerprint density at radius 2 is 1.90 bits per heavy atom. The minimum absolute atomic E-state index is 0.300. The second kappa shape index (κ2) is 5.32. The summed E-state index contributed by atoms with van der Waals surface area (Å²) in [4.78, 5) is 11.3. The van der Waals surface area contributed by atoms with Crippen LogP contribution in [0.25, 0.3) is 16.9 Å². The van der Waals surface area contributed by atoms with E-state index < -0.39 is 0 Å². The number of aryl methyl sites for hydroxylation is 1. The highest BCUT2D eigenvalue weighted by molar-refractivity contribution is 5.86. The SMILES string of the molecule is Cc1cc(F)ccc1-c1nn(-c2ccccc2)cc1C=O. The number of hydrogen-bond donors (Lipinski definition) is 0. The molecule has 0 aliphatic carbocycles. The van der Waals surface area contributed by atoms with Crippen LogP contribution in [0.5, 0.6) is 0 Å². The summed E-state index contributed by atoms with van der Waals surface area (Å²) in [6, 6.07) is 14.0. The molecule has 0 spiro atoms. The Kier molecular flexibility index (Phi) is 3.36. The summed E-state index contributed by atoms with van der Waals surface area (Å²) < 4.78 is 14.9. The van der Waals surface area contributed by atoms with Crippen LogP contribution in [0.3, 0.4) is 0 Å². The minimum Gasteiger partial charge on any atom is -0.298 e. The third kappa shape index (κ3) is 2.48. The van der Waals surface area contributed by atoms with Gasteiger partial charge in [0.05, 0.1) is 11.3 Å². The number of aldehydes is 1. The lowest BCUT2D eigenvalue weighted by Crippen LogP contribution is -1.94. The molecule has 0 atom stereocenters. The number of rotatable bonds is 3. The van der Waals surface area contributed by atoms with E-state index in [1.54, 1.807) is 23.9 Å². The molecule has 0 saturated carbocycles. The standard InChI is InChI=1S/C17H13FN2O/c1-12-9-14(18)7-8-16(12)17-13(11-21)10-20(19-17)15-5-3-2-4-6-15/h2-11H,1H3. The third-order valence-corrected chi connectivity index (χ3v) is 3.33. The van der Waals surface area contributed by atoms with Gasteiger partial charge in [0, 0.05) is 11.8 Å². The lowest BCUT2D eigenvalue weighted by Gasteiger charge is -2.04. The number of carbonyl (C=O) groups is 1. The summed E-state index contributed by atoms with van der Waals surface area (Å²) in [6.07, 6.45) is 2.45. The van der Waals surface area contributed by atoms with E-state index in [1.807, 2.05) is 30.3 Å². The van der Waals surface area contributed by atoms with E-state index in [1.165, 1.54) is 12.1 Å². The van der Waals surface area contributed by atoms with Crippen LogP contribution in [0.15, 0.2) is 54.7 Å². The van der Waals surface area contributed by atoms with Crippen LogP contribution in [0, 0.1) is 12.7 Å². The van der Waals surface area contributed by atoms with Crippen LogP contribution in [0.1, 0.15) is 15.9 Å². The van der Waals surface area contributed by atoms with Gasteiger partial charge in [0.1, 0.15) is 11.5 Å². The van der Waals surface area contributed by atoms with Crippen molar-refractivity contribution < 1.29 is 9.18 Å². The number of carbonyl (C=O) groups excluding carboxylic acids is 1. The van der Waals surface area contributed by atoms with Crippen LogP contribution in [0.4, 0.5) is 4.39 Å². The molecule has 0 bridgehead atoms. The van der Waals surface area contributed by atoms with E-state index in [0.29, 0.717) is 11.3 Å². The quantitative estimate of drug-likeness (QED) is 0.684. The zero-order valence-corrected chi connectivity index (χ0v) is 11.5. The van der Waals surface area contributed by atoms with Crippen molar-refractivity contribution >= 4 is 6.29 Å². The van der Waals surface area contributed by atoms with Crippen molar-refractivity contribution in [3.63, 3.8) is 0 Å². The average molecular weight is 280 g/mol. The topological polar surface area (TPSA) is 34.9 Å². The molecule has 0 radical (unpaired) electrons. The predicted molar refractivity (Wildman–Crippen MR) is 79.1 cm³/mol. The van der Waals surface area contributed by atoms with Gasteiger partial charge in [-0.25, -0.2) is 9.07 Å². The summed E-state index contributed by atoms with van der Waals surface area (Å²) in [5.41, 5.74) is 3.41. The predicted octanol–water partition coefficient (Wildman–Crippen LogP) is 3.80. The zero-order valence-electron chi connectivity index (χ0n) is 11.5. The molecule has 3 nitrogen and oxygen atoms in total. The van der Waals surface area contributed by atoms with Crippen molar-refractivity contribution in [2.75, 3.05) is 0 Å². The summed E-state index contributed by atoms with van der Waals surface area (Å²) in [6.45, 7) is 1.80. The molecule has 2 aromatic carbocycles. The minimum atomic E-state index is -0.300. The smallest absolute Gasteiger partial charge is 0.153 e. The maximum Gasteiger partial charge on any atom is 0.153 e. The maximum atomic E-state index is 13.2. The Morgan fingerprint density at radius 3 is 2.57 bits per heavy atom. The van der Waals surface area contributed by atoms with Crippen LogP contribution in [-0.2, 0) is 0 Å². The van der Waals surface area contributed by atoms with Gasteiger partial charge in [-0.1, -0.05) is 18.2 Å². The Hall–Kier alpha value is -2.75. The third-order valence-electron chi connectivity index (χ3n) is 3.33. The number of aromatic nitrogens is 2. The second-order valence-electron chi connectivity index (χ2n) is 4.79. The van der Waals surface area contributed by atoms with E-state index >= 15 is 0 Å². The number of nitrogens with zero attached hydrogens (tertiary/aromatic N) is 2. The highest BCUT2D eigenvalue weighted by atomic mass is 19.1. The Balaban J connectivity index is 2.15. The molecule has 0 amide bonds. The lowest BCUT2D eigenvalue weighted by atomic mass is 10.0. The van der Waals surface area contributed by atoms with Crippen molar-refractivity contribution in [2.24, 2.45) is 0 Å². The van der Waals surface area contributed by atoms with E-state index in [4.69, 9.17) is 0 Å². The molecule has 21 heavy (non-hydrogen) atoms. The van der Waals surface area contributed by atoms with Gasteiger partial charge in [0.2, 0.25) is 0 Å². The molecule has 1 heterocycles. The first kappa shape index (κ1) is 13.2. The fraction of sp³-hybridized carbons (Fsp3) is 0.0588. The molecule has 4 heteroatoms. The van der Waals surface area contributed by atoms with Crippen LogP contribution >= 0.6 is 0 Å². The van der Waals surface area contributed by atoms with Crippen molar-refractivity contribution in [2.45, 2.75) is 6.92 Å². The fourth-order valence-corrected chi connectivity index (χ4v) is 2.29. The van der Waals surface area contributed by atoms with E-state index in [0.717, 1.165) is 23.1 Å². The largest absolute Gasteiger partial charge is 0.298 e. The molecule has 0 aliphatic rings. The van der Waals surface area contributed by atoms with Gasteiger partial charge in [-0.15, -0.1) is 0 Å². The number of para-hydroxylation sites is 1. The molecule has 0 fully saturated rings. The Labute approximate surface area is 121 Å². The van der Waals surface area contributed by atoms with E-state index in [2.05, 4.69) is 5.10 Å². The summed E-state index contributed by atoms with van der Waals surface area (Å²) >= 11 is 0. The van der Waals surface area contributed by atoms with Crippen molar-refractivity contribution in [3.05, 3.63) is 71.7 Å². The number of hydrogen-bond acceptors (Lipinski definition) is 2. The molecule has 0 N–H and O–H groups in total. The molecular weight excluding hydrogens is 267 g/mol. The highest BCUT2D eigenvalue weighted by Crippen LogP contribution is 2.26.